The fourth-order valence-electron chi connectivity index (χ4n) is 3.14. The molecule has 4 heteroatoms. The van der Waals surface area contributed by atoms with Crippen molar-refractivity contribution < 1.29 is 0 Å². The summed E-state index contributed by atoms with van der Waals surface area (Å²) in [6.45, 7) is 2.08. The average Bonchev–Trinajstić information content (AvgIpc) is 2.95. The van der Waals surface area contributed by atoms with Gasteiger partial charge in [-0.2, -0.15) is 0 Å². The van der Waals surface area contributed by atoms with Gasteiger partial charge in [0.2, 0.25) is 0 Å². The Morgan fingerprint density at radius 2 is 1.84 bits per heavy atom. The van der Waals surface area contributed by atoms with E-state index in [1.54, 1.807) is 0 Å². The lowest BCUT2D eigenvalue weighted by Gasteiger charge is -2.07. The van der Waals surface area contributed by atoms with Crippen molar-refractivity contribution in [2.24, 2.45) is 0 Å². The van der Waals surface area contributed by atoms with Gasteiger partial charge in [-0.05, 0) is 52.2 Å². The molecule has 0 fully saturated rings. The number of pyridine rings is 1. The van der Waals surface area contributed by atoms with E-state index in [-0.39, 0.29) is 0 Å². The van der Waals surface area contributed by atoms with E-state index in [4.69, 9.17) is 16.6 Å². The van der Waals surface area contributed by atoms with Crippen LogP contribution in [-0.4, -0.2) is 9.38 Å². The lowest BCUT2D eigenvalue weighted by Crippen LogP contribution is -1.97. The van der Waals surface area contributed by atoms with Crippen molar-refractivity contribution in [2.75, 3.05) is 0 Å². The largest absolute Gasteiger partial charge is 0.302 e. The predicted molar refractivity (Wildman–Crippen MR) is 107 cm³/mol. The van der Waals surface area contributed by atoms with E-state index in [1.807, 2.05) is 24.3 Å². The van der Waals surface area contributed by atoms with Crippen LogP contribution in [-0.2, 0) is 6.42 Å². The second-order valence-corrected chi connectivity index (χ2v) is 7.47. The highest BCUT2D eigenvalue weighted by molar-refractivity contribution is 9.10. The molecule has 4 aromatic rings. The molecule has 4 rings (SSSR count). The second-order valence-electron chi connectivity index (χ2n) is 6.11. The van der Waals surface area contributed by atoms with Crippen molar-refractivity contribution in [1.82, 2.24) is 9.38 Å². The highest BCUT2D eigenvalue weighted by Crippen LogP contribution is 2.30. The zero-order valence-electron chi connectivity index (χ0n) is 13.7. The van der Waals surface area contributed by atoms with Gasteiger partial charge in [-0.1, -0.05) is 54.1 Å². The summed E-state index contributed by atoms with van der Waals surface area (Å²) in [5.41, 5.74) is 6.55. The van der Waals surface area contributed by atoms with Crippen molar-refractivity contribution >= 4 is 33.2 Å². The zero-order chi connectivity index (χ0) is 17.4. The Hall–Kier alpha value is -2.10. The molecule has 0 aliphatic carbocycles. The lowest BCUT2D eigenvalue weighted by atomic mass is 10.0. The first kappa shape index (κ1) is 16.4. The van der Waals surface area contributed by atoms with Gasteiger partial charge in [0, 0.05) is 27.7 Å². The third-order valence-electron chi connectivity index (χ3n) is 4.28. The number of hydrogen-bond acceptors (Lipinski definition) is 1. The Morgan fingerprint density at radius 1 is 1.04 bits per heavy atom. The third kappa shape index (κ3) is 3.22. The van der Waals surface area contributed by atoms with Gasteiger partial charge in [0.1, 0.15) is 5.65 Å². The molecule has 0 spiro atoms. The number of benzene rings is 2. The van der Waals surface area contributed by atoms with Crippen LogP contribution in [0.25, 0.3) is 16.9 Å². The van der Waals surface area contributed by atoms with Gasteiger partial charge in [0.05, 0.1) is 11.4 Å². The second kappa shape index (κ2) is 6.66. The summed E-state index contributed by atoms with van der Waals surface area (Å²) in [6, 6.07) is 20.5. The van der Waals surface area contributed by atoms with E-state index in [0.29, 0.717) is 0 Å². The molecule has 2 aromatic carbocycles. The number of rotatable bonds is 3. The van der Waals surface area contributed by atoms with Crippen LogP contribution in [0.4, 0.5) is 0 Å². The SMILES string of the molecule is Cc1cc(Br)cn2c(Cc3ccccc3)c(-c3cccc(Cl)c3)nc12. The van der Waals surface area contributed by atoms with Crippen LogP contribution in [0.2, 0.25) is 5.02 Å². The summed E-state index contributed by atoms with van der Waals surface area (Å²) in [7, 11) is 0. The van der Waals surface area contributed by atoms with E-state index in [2.05, 4.69) is 69.8 Å². The maximum absolute atomic E-state index is 6.22. The fourth-order valence-corrected chi connectivity index (χ4v) is 3.88. The minimum Gasteiger partial charge on any atom is -0.302 e. The Morgan fingerprint density at radius 3 is 2.60 bits per heavy atom. The normalized spacial score (nSPS) is 11.2. The molecule has 0 bridgehead atoms. The van der Waals surface area contributed by atoms with Crippen LogP contribution < -0.4 is 0 Å². The average molecular weight is 412 g/mol. The first-order valence-electron chi connectivity index (χ1n) is 8.09. The molecule has 25 heavy (non-hydrogen) atoms. The molecular formula is C21H16BrClN2. The minimum absolute atomic E-state index is 0.720. The maximum atomic E-state index is 6.22. The molecule has 0 radical (unpaired) electrons. The van der Waals surface area contributed by atoms with Crippen LogP contribution in [0.1, 0.15) is 16.8 Å². The molecule has 0 N–H and O–H groups in total. The van der Waals surface area contributed by atoms with Crippen molar-refractivity contribution in [2.45, 2.75) is 13.3 Å². The summed E-state index contributed by atoms with van der Waals surface area (Å²) in [6.07, 6.45) is 2.89. The summed E-state index contributed by atoms with van der Waals surface area (Å²) in [5, 5.41) is 0.720. The number of aromatic nitrogens is 2. The number of imidazole rings is 1. The Bertz CT molecular complexity index is 1050. The fraction of sp³-hybridized carbons (Fsp3) is 0.0952. The molecule has 2 aromatic heterocycles. The minimum atomic E-state index is 0.720. The molecule has 0 aliphatic rings. The number of halogens is 2. The Balaban J connectivity index is 1.97. The molecule has 0 saturated carbocycles. The highest BCUT2D eigenvalue weighted by atomic mass is 79.9. The number of nitrogens with zero attached hydrogens (tertiary/aromatic N) is 2. The standard InChI is InChI=1S/C21H16BrClN2/c1-14-10-17(22)13-25-19(11-15-6-3-2-4-7-15)20(24-21(14)25)16-8-5-9-18(23)12-16/h2-10,12-13H,11H2,1H3. The zero-order valence-corrected chi connectivity index (χ0v) is 16.1. The van der Waals surface area contributed by atoms with Gasteiger partial charge in [-0.3, -0.25) is 0 Å². The van der Waals surface area contributed by atoms with Crippen LogP contribution in [0, 0.1) is 6.92 Å². The molecular weight excluding hydrogens is 396 g/mol. The summed E-state index contributed by atoms with van der Waals surface area (Å²) >= 11 is 9.83. The van der Waals surface area contributed by atoms with E-state index in [1.165, 1.54) is 5.56 Å². The Kier molecular flexibility index (Phi) is 4.36. The van der Waals surface area contributed by atoms with Crippen LogP contribution in [0.15, 0.2) is 71.3 Å². The van der Waals surface area contributed by atoms with E-state index in [0.717, 1.165) is 44.1 Å². The molecule has 0 aliphatic heterocycles. The van der Waals surface area contributed by atoms with Gasteiger partial charge >= 0.3 is 0 Å². The highest BCUT2D eigenvalue weighted by Gasteiger charge is 2.16. The van der Waals surface area contributed by atoms with Gasteiger partial charge in [0.15, 0.2) is 0 Å². The van der Waals surface area contributed by atoms with Crippen LogP contribution in [0.3, 0.4) is 0 Å². The van der Waals surface area contributed by atoms with Crippen LogP contribution in [0.5, 0.6) is 0 Å². The van der Waals surface area contributed by atoms with Crippen molar-refractivity contribution in [3.63, 3.8) is 0 Å². The molecule has 2 nitrogen and oxygen atoms in total. The summed E-state index contributed by atoms with van der Waals surface area (Å²) < 4.78 is 3.23. The monoisotopic (exact) mass is 410 g/mol. The molecule has 0 amide bonds. The van der Waals surface area contributed by atoms with E-state index >= 15 is 0 Å². The predicted octanol–water partition coefficient (Wildman–Crippen LogP) is 6.32. The van der Waals surface area contributed by atoms with E-state index in [9.17, 15) is 0 Å². The number of hydrogen-bond donors (Lipinski definition) is 0. The molecule has 0 atom stereocenters. The molecule has 124 valence electrons. The van der Waals surface area contributed by atoms with Crippen molar-refractivity contribution in [1.29, 1.82) is 0 Å². The Labute approximate surface area is 160 Å². The van der Waals surface area contributed by atoms with Gasteiger partial charge in [-0.15, -0.1) is 0 Å². The van der Waals surface area contributed by atoms with Gasteiger partial charge in [-0.25, -0.2) is 4.98 Å². The van der Waals surface area contributed by atoms with Crippen LogP contribution >= 0.6 is 27.5 Å². The van der Waals surface area contributed by atoms with Crippen molar-refractivity contribution in [3.05, 3.63) is 93.2 Å². The topological polar surface area (TPSA) is 17.3 Å². The quantitative estimate of drug-likeness (QED) is 0.386. The van der Waals surface area contributed by atoms with Gasteiger partial charge < -0.3 is 4.40 Å². The molecule has 0 saturated heterocycles. The summed E-state index contributed by atoms with van der Waals surface area (Å²) in [4.78, 5) is 4.94. The molecule has 2 heterocycles. The van der Waals surface area contributed by atoms with Gasteiger partial charge in [0.25, 0.3) is 0 Å². The maximum Gasteiger partial charge on any atom is 0.140 e. The summed E-state index contributed by atoms with van der Waals surface area (Å²) in [5.74, 6) is 0. The first-order chi connectivity index (χ1) is 12.1. The lowest BCUT2D eigenvalue weighted by molar-refractivity contribution is 1.02. The smallest absolute Gasteiger partial charge is 0.140 e. The molecule has 0 unspecified atom stereocenters. The number of fused-ring (bicyclic) bond motifs is 1. The number of aryl methyl sites for hydroxylation is 1. The van der Waals surface area contributed by atoms with Crippen molar-refractivity contribution in [3.8, 4) is 11.3 Å². The first-order valence-corrected chi connectivity index (χ1v) is 9.26. The van der Waals surface area contributed by atoms with E-state index < -0.39 is 0 Å². The third-order valence-corrected chi connectivity index (χ3v) is 4.95.